The first-order valence-electron chi connectivity index (χ1n) is 13.0. The van der Waals surface area contributed by atoms with Gasteiger partial charge < -0.3 is 20.3 Å². The van der Waals surface area contributed by atoms with Crippen molar-refractivity contribution in [3.63, 3.8) is 0 Å². The normalized spacial score (nSPS) is 32.4. The molecule has 3 saturated carbocycles. The quantitative estimate of drug-likeness (QED) is 0.314. The summed E-state index contributed by atoms with van der Waals surface area (Å²) in [6.45, 7) is 2.99. The van der Waals surface area contributed by atoms with Crippen molar-refractivity contribution < 1.29 is 19.7 Å². The van der Waals surface area contributed by atoms with Crippen LogP contribution in [0.3, 0.4) is 0 Å². The molecule has 5 nitrogen and oxygen atoms in total. The van der Waals surface area contributed by atoms with Gasteiger partial charge in [-0.1, -0.05) is 57.6 Å². The molecule has 3 rings (SSSR count). The number of nitrogens with one attached hydrogen (secondary N) is 1. The monoisotopic (exact) mass is 435 g/mol. The molecule has 0 heterocycles. The van der Waals surface area contributed by atoms with Crippen molar-refractivity contribution >= 4 is 5.91 Å². The van der Waals surface area contributed by atoms with Gasteiger partial charge in [-0.15, -0.1) is 0 Å². The van der Waals surface area contributed by atoms with Crippen molar-refractivity contribution in [1.29, 1.82) is 0 Å². The fraction of sp³-hybridized carbons (Fsp3) is 0.885. The number of amides is 1. The Hall–Kier alpha value is -0.910. The van der Waals surface area contributed by atoms with E-state index in [1.807, 2.05) is 6.08 Å². The van der Waals surface area contributed by atoms with Gasteiger partial charge in [-0.05, 0) is 62.7 Å². The summed E-state index contributed by atoms with van der Waals surface area (Å²) in [4.78, 5) is 12.1. The Morgan fingerprint density at radius 2 is 1.97 bits per heavy atom. The van der Waals surface area contributed by atoms with Crippen LogP contribution in [0.15, 0.2) is 12.2 Å². The number of unbranched alkanes of at least 4 members (excludes halogenated alkanes) is 2. The molecule has 0 aromatic carbocycles. The van der Waals surface area contributed by atoms with Crippen LogP contribution in [0, 0.1) is 23.7 Å². The molecule has 3 N–H and O–H groups in total. The summed E-state index contributed by atoms with van der Waals surface area (Å²) >= 11 is 0. The van der Waals surface area contributed by atoms with E-state index in [0.717, 1.165) is 64.2 Å². The van der Waals surface area contributed by atoms with E-state index < -0.39 is 0 Å². The lowest BCUT2D eigenvalue weighted by atomic mass is 9.89. The molecule has 3 aliphatic carbocycles. The fourth-order valence-corrected chi connectivity index (χ4v) is 6.17. The molecular weight excluding hydrogens is 390 g/mol. The summed E-state index contributed by atoms with van der Waals surface area (Å²) < 4.78 is 5.69. The second-order valence-electron chi connectivity index (χ2n) is 10.3. The lowest BCUT2D eigenvalue weighted by molar-refractivity contribution is -0.126. The fourth-order valence-electron chi connectivity index (χ4n) is 6.17. The first kappa shape index (κ1) is 24.7. The van der Waals surface area contributed by atoms with Crippen LogP contribution in [-0.4, -0.2) is 47.6 Å². The minimum atomic E-state index is -0.386. The molecule has 2 unspecified atom stereocenters. The standard InChI is InChI=1S/C26H45NO4/c1-2-3-5-10-22(28)11-12-23-24-16-19(15-20(24)17-25(23)29)13-14-31-18-26(30)27-21-8-6-4-7-9-21/h11-12,19-25,28-29H,2-10,13-18H2,1H3,(H,27,30)/t19?,20-,22?,23-,24+,25-/m0/s1. The smallest absolute Gasteiger partial charge is 0.246 e. The van der Waals surface area contributed by atoms with E-state index in [0.29, 0.717) is 30.4 Å². The number of carbonyl (C=O) groups is 1. The van der Waals surface area contributed by atoms with E-state index in [-0.39, 0.29) is 30.6 Å². The maximum atomic E-state index is 12.1. The lowest BCUT2D eigenvalue weighted by Gasteiger charge is -2.22. The van der Waals surface area contributed by atoms with Gasteiger partial charge in [0.2, 0.25) is 5.91 Å². The third-order valence-electron chi connectivity index (χ3n) is 7.86. The number of aliphatic hydroxyl groups is 2. The number of rotatable bonds is 12. The highest BCUT2D eigenvalue weighted by atomic mass is 16.5. The van der Waals surface area contributed by atoms with Crippen LogP contribution in [0.25, 0.3) is 0 Å². The van der Waals surface area contributed by atoms with Crippen LogP contribution in [0.5, 0.6) is 0 Å². The molecule has 0 spiro atoms. The Balaban J connectivity index is 1.33. The molecule has 1 amide bonds. The van der Waals surface area contributed by atoms with E-state index in [9.17, 15) is 15.0 Å². The Kier molecular flexibility index (Phi) is 10.3. The average molecular weight is 436 g/mol. The molecule has 3 fully saturated rings. The van der Waals surface area contributed by atoms with Gasteiger partial charge in [0.1, 0.15) is 6.61 Å². The SMILES string of the molecule is CCCCCC(O)C=C[C@H]1[C@@H]2CC(CCOCC(=O)NC3CCCCC3)C[C@H]2C[C@@H]1O. The Labute approximate surface area is 189 Å². The molecular formula is C26H45NO4. The minimum Gasteiger partial charge on any atom is -0.392 e. The van der Waals surface area contributed by atoms with Crippen molar-refractivity contribution in [2.24, 2.45) is 23.7 Å². The summed E-state index contributed by atoms with van der Waals surface area (Å²) in [7, 11) is 0. The Morgan fingerprint density at radius 3 is 2.74 bits per heavy atom. The van der Waals surface area contributed by atoms with Crippen molar-refractivity contribution in [1.82, 2.24) is 5.32 Å². The Morgan fingerprint density at radius 1 is 1.16 bits per heavy atom. The molecule has 31 heavy (non-hydrogen) atoms. The summed E-state index contributed by atoms with van der Waals surface area (Å²) in [5.74, 6) is 1.93. The first-order valence-corrected chi connectivity index (χ1v) is 13.0. The predicted molar refractivity (Wildman–Crippen MR) is 124 cm³/mol. The second-order valence-corrected chi connectivity index (χ2v) is 10.3. The number of ether oxygens (including phenoxy) is 1. The van der Waals surface area contributed by atoms with Crippen molar-refractivity contribution in [2.45, 2.75) is 109 Å². The molecule has 0 aliphatic heterocycles. The first-order chi connectivity index (χ1) is 15.1. The second kappa shape index (κ2) is 13.0. The van der Waals surface area contributed by atoms with Gasteiger partial charge in [0.15, 0.2) is 0 Å². The van der Waals surface area contributed by atoms with E-state index in [2.05, 4.69) is 18.3 Å². The van der Waals surface area contributed by atoms with Gasteiger partial charge >= 0.3 is 0 Å². The predicted octanol–water partition coefficient (Wildman–Crippen LogP) is 4.36. The Bertz CT molecular complexity index is 560. The molecule has 6 atom stereocenters. The zero-order valence-corrected chi connectivity index (χ0v) is 19.5. The average Bonchev–Trinajstić information content (AvgIpc) is 3.27. The highest BCUT2D eigenvalue weighted by Gasteiger charge is 2.46. The van der Waals surface area contributed by atoms with Gasteiger partial charge in [-0.3, -0.25) is 4.79 Å². The van der Waals surface area contributed by atoms with Crippen LogP contribution in [-0.2, 0) is 9.53 Å². The number of fused-ring (bicyclic) bond motifs is 1. The number of hydrogen-bond acceptors (Lipinski definition) is 4. The summed E-state index contributed by atoms with van der Waals surface area (Å²) in [6.07, 6.45) is 17.7. The zero-order valence-electron chi connectivity index (χ0n) is 19.5. The van der Waals surface area contributed by atoms with Gasteiger partial charge in [0, 0.05) is 18.6 Å². The molecule has 0 radical (unpaired) electrons. The van der Waals surface area contributed by atoms with Crippen LogP contribution < -0.4 is 5.32 Å². The summed E-state index contributed by atoms with van der Waals surface area (Å²) in [6, 6.07) is 0.348. The highest BCUT2D eigenvalue weighted by molar-refractivity contribution is 5.77. The van der Waals surface area contributed by atoms with E-state index in [1.165, 1.54) is 19.3 Å². The maximum absolute atomic E-state index is 12.1. The van der Waals surface area contributed by atoms with Crippen LogP contribution in [0.4, 0.5) is 0 Å². The van der Waals surface area contributed by atoms with Gasteiger partial charge in [0.25, 0.3) is 0 Å². The molecule has 0 aromatic heterocycles. The maximum Gasteiger partial charge on any atom is 0.246 e. The number of hydrogen-bond donors (Lipinski definition) is 3. The molecule has 178 valence electrons. The number of carbonyl (C=O) groups excluding carboxylic acids is 1. The molecule has 5 heteroatoms. The van der Waals surface area contributed by atoms with Crippen LogP contribution >= 0.6 is 0 Å². The van der Waals surface area contributed by atoms with Crippen LogP contribution in [0.2, 0.25) is 0 Å². The molecule has 0 aromatic rings. The van der Waals surface area contributed by atoms with Gasteiger partial charge in [-0.25, -0.2) is 0 Å². The third-order valence-corrected chi connectivity index (χ3v) is 7.86. The number of aliphatic hydroxyl groups excluding tert-OH is 2. The van der Waals surface area contributed by atoms with Crippen LogP contribution in [0.1, 0.15) is 90.4 Å². The highest BCUT2D eigenvalue weighted by Crippen LogP contribution is 2.51. The van der Waals surface area contributed by atoms with Gasteiger partial charge in [-0.2, -0.15) is 0 Å². The molecule has 0 saturated heterocycles. The summed E-state index contributed by atoms with van der Waals surface area (Å²) in [5.41, 5.74) is 0. The zero-order chi connectivity index (χ0) is 22.1. The topological polar surface area (TPSA) is 78.8 Å². The minimum absolute atomic E-state index is 0.0287. The molecule has 0 bridgehead atoms. The largest absolute Gasteiger partial charge is 0.392 e. The summed E-state index contributed by atoms with van der Waals surface area (Å²) in [5, 5.41) is 23.8. The lowest BCUT2D eigenvalue weighted by Crippen LogP contribution is -2.38. The third kappa shape index (κ3) is 7.87. The van der Waals surface area contributed by atoms with Crippen molar-refractivity contribution in [3.05, 3.63) is 12.2 Å². The van der Waals surface area contributed by atoms with Gasteiger partial charge in [0.05, 0.1) is 12.2 Å². The van der Waals surface area contributed by atoms with Crippen molar-refractivity contribution in [2.75, 3.05) is 13.2 Å². The van der Waals surface area contributed by atoms with E-state index >= 15 is 0 Å². The van der Waals surface area contributed by atoms with E-state index in [4.69, 9.17) is 4.74 Å². The molecule has 3 aliphatic rings. The van der Waals surface area contributed by atoms with E-state index in [1.54, 1.807) is 0 Å². The van der Waals surface area contributed by atoms with Crippen molar-refractivity contribution in [3.8, 4) is 0 Å².